The second kappa shape index (κ2) is 4.91. The smallest absolute Gasteiger partial charge is 0.278 e. The number of fused-ring (bicyclic) bond motifs is 1. The lowest BCUT2D eigenvalue weighted by atomic mass is 10.0. The second-order valence-electron chi connectivity index (χ2n) is 5.36. The Hall–Kier alpha value is -3.21. The average Bonchev–Trinajstić information content (AvgIpc) is 3.12. The van der Waals surface area contributed by atoms with E-state index in [9.17, 15) is 9.90 Å². The number of nitrogens with zero attached hydrogens (tertiary/aromatic N) is 3. The van der Waals surface area contributed by atoms with Crippen LogP contribution in [0.3, 0.4) is 0 Å². The summed E-state index contributed by atoms with van der Waals surface area (Å²) >= 11 is 0. The Kier molecular flexibility index (Phi) is 2.87. The van der Waals surface area contributed by atoms with Crippen molar-refractivity contribution < 1.29 is 9.90 Å². The molecule has 0 bridgehead atoms. The Morgan fingerprint density at radius 2 is 1.83 bits per heavy atom. The summed E-state index contributed by atoms with van der Waals surface area (Å²) in [6.45, 7) is 0. The minimum absolute atomic E-state index is 0.0984. The van der Waals surface area contributed by atoms with Gasteiger partial charge in [-0.2, -0.15) is 0 Å². The van der Waals surface area contributed by atoms with Gasteiger partial charge in [-0.25, -0.2) is 4.99 Å². The van der Waals surface area contributed by atoms with Crippen molar-refractivity contribution in [3.8, 4) is 5.75 Å². The summed E-state index contributed by atoms with van der Waals surface area (Å²) in [5, 5.41) is 10.1. The van der Waals surface area contributed by atoms with Crippen LogP contribution in [0.4, 0.5) is 5.69 Å². The van der Waals surface area contributed by atoms with Gasteiger partial charge in [-0.05, 0) is 12.1 Å². The molecule has 2 aliphatic heterocycles. The lowest BCUT2D eigenvalue weighted by molar-refractivity contribution is -0.121. The molecular weight excluding hydrogens is 290 g/mol. The fourth-order valence-electron chi connectivity index (χ4n) is 2.79. The van der Waals surface area contributed by atoms with Crippen molar-refractivity contribution in [2.75, 3.05) is 7.05 Å². The topological polar surface area (TPSA) is 65.3 Å². The molecular formula is C18H13N3O2. The third-order valence-corrected chi connectivity index (χ3v) is 3.95. The number of phenolic OH excluding ortho intramolecular Hbond substituents is 1. The van der Waals surface area contributed by atoms with Gasteiger partial charge in [0.2, 0.25) is 0 Å². The van der Waals surface area contributed by atoms with E-state index in [2.05, 4.69) is 9.98 Å². The van der Waals surface area contributed by atoms with E-state index in [-0.39, 0.29) is 11.7 Å². The van der Waals surface area contributed by atoms with Crippen molar-refractivity contribution in [2.24, 2.45) is 9.98 Å². The maximum absolute atomic E-state index is 12.6. The van der Waals surface area contributed by atoms with Crippen LogP contribution in [-0.2, 0) is 4.79 Å². The van der Waals surface area contributed by atoms with Crippen molar-refractivity contribution in [1.82, 2.24) is 4.90 Å². The van der Waals surface area contributed by atoms with Crippen LogP contribution in [0, 0.1) is 0 Å². The molecule has 0 aromatic heterocycles. The summed E-state index contributed by atoms with van der Waals surface area (Å²) < 4.78 is 0. The van der Waals surface area contributed by atoms with Gasteiger partial charge >= 0.3 is 0 Å². The highest BCUT2D eigenvalue weighted by molar-refractivity contribution is 6.29. The molecule has 112 valence electrons. The summed E-state index contributed by atoms with van der Waals surface area (Å²) in [5.74, 6) is 0.484. The molecule has 0 spiro atoms. The third-order valence-electron chi connectivity index (χ3n) is 3.95. The van der Waals surface area contributed by atoms with E-state index < -0.39 is 0 Å². The van der Waals surface area contributed by atoms with Gasteiger partial charge in [0.1, 0.15) is 17.3 Å². The molecule has 2 heterocycles. The Bertz CT molecular complexity index is 911. The largest absolute Gasteiger partial charge is 0.507 e. The number of hydrogen-bond donors (Lipinski definition) is 1. The molecule has 4 rings (SSSR count). The normalized spacial score (nSPS) is 19.3. The Labute approximate surface area is 132 Å². The first-order valence-electron chi connectivity index (χ1n) is 7.19. The van der Waals surface area contributed by atoms with E-state index in [0.29, 0.717) is 28.4 Å². The van der Waals surface area contributed by atoms with E-state index in [1.807, 2.05) is 30.3 Å². The van der Waals surface area contributed by atoms with Gasteiger partial charge in [0.25, 0.3) is 5.91 Å². The number of likely N-dealkylation sites (N-methyl/N-ethyl adjacent to an activating group) is 1. The lowest BCUT2D eigenvalue weighted by Crippen LogP contribution is -2.28. The van der Waals surface area contributed by atoms with Crippen LogP contribution in [0.2, 0.25) is 0 Å². The van der Waals surface area contributed by atoms with Crippen molar-refractivity contribution in [1.29, 1.82) is 0 Å². The predicted octanol–water partition coefficient (Wildman–Crippen LogP) is 2.74. The number of amidine groups is 1. The molecule has 5 nitrogen and oxygen atoms in total. The number of amides is 1. The molecule has 1 amide bonds. The van der Waals surface area contributed by atoms with Gasteiger partial charge in [0.15, 0.2) is 0 Å². The SMILES string of the molecule is CN1C(=O)/C(=C2\C=Nc3cccc(O)c32)N=C1c1ccccc1. The molecule has 2 aliphatic rings. The van der Waals surface area contributed by atoms with Crippen LogP contribution in [0.1, 0.15) is 11.1 Å². The molecule has 5 heteroatoms. The van der Waals surface area contributed by atoms with Crippen molar-refractivity contribution >= 4 is 29.2 Å². The van der Waals surface area contributed by atoms with E-state index in [1.165, 1.54) is 4.90 Å². The maximum atomic E-state index is 12.6. The number of aromatic hydroxyl groups is 1. The molecule has 0 unspecified atom stereocenters. The lowest BCUT2D eigenvalue weighted by Gasteiger charge is -2.11. The van der Waals surface area contributed by atoms with Crippen LogP contribution in [0.15, 0.2) is 64.2 Å². The van der Waals surface area contributed by atoms with E-state index in [4.69, 9.17) is 0 Å². The van der Waals surface area contributed by atoms with Crippen LogP contribution < -0.4 is 0 Å². The Morgan fingerprint density at radius 3 is 2.61 bits per heavy atom. The molecule has 2 aromatic rings. The first-order valence-corrected chi connectivity index (χ1v) is 7.19. The highest BCUT2D eigenvalue weighted by atomic mass is 16.3. The fourth-order valence-corrected chi connectivity index (χ4v) is 2.79. The summed E-state index contributed by atoms with van der Waals surface area (Å²) in [6.07, 6.45) is 1.59. The molecule has 0 saturated heterocycles. The zero-order valence-corrected chi connectivity index (χ0v) is 12.4. The van der Waals surface area contributed by atoms with E-state index >= 15 is 0 Å². The molecule has 0 radical (unpaired) electrons. The number of rotatable bonds is 1. The van der Waals surface area contributed by atoms with Crippen LogP contribution in [0.25, 0.3) is 5.57 Å². The van der Waals surface area contributed by atoms with Gasteiger partial charge in [-0.3, -0.25) is 14.7 Å². The molecule has 0 fully saturated rings. The number of aliphatic imine (C=N–C) groups is 2. The van der Waals surface area contributed by atoms with Crippen LogP contribution in [0.5, 0.6) is 5.75 Å². The summed E-state index contributed by atoms with van der Waals surface area (Å²) in [7, 11) is 1.69. The maximum Gasteiger partial charge on any atom is 0.278 e. The van der Waals surface area contributed by atoms with E-state index in [0.717, 1.165) is 5.56 Å². The van der Waals surface area contributed by atoms with Crippen molar-refractivity contribution in [2.45, 2.75) is 0 Å². The van der Waals surface area contributed by atoms with Gasteiger partial charge in [0.05, 0.1) is 11.3 Å². The first-order chi connectivity index (χ1) is 11.2. The van der Waals surface area contributed by atoms with Gasteiger partial charge in [-0.15, -0.1) is 0 Å². The predicted molar refractivity (Wildman–Crippen MR) is 88.9 cm³/mol. The average molecular weight is 303 g/mol. The summed E-state index contributed by atoms with van der Waals surface area (Å²) in [4.78, 5) is 22.9. The zero-order chi connectivity index (χ0) is 16.0. The zero-order valence-electron chi connectivity index (χ0n) is 12.4. The van der Waals surface area contributed by atoms with Gasteiger partial charge in [-0.1, -0.05) is 36.4 Å². The van der Waals surface area contributed by atoms with Crippen molar-refractivity contribution in [3.63, 3.8) is 0 Å². The number of carbonyl (C=O) groups is 1. The van der Waals surface area contributed by atoms with Crippen LogP contribution >= 0.6 is 0 Å². The molecule has 0 saturated carbocycles. The Balaban J connectivity index is 1.90. The summed E-state index contributed by atoms with van der Waals surface area (Å²) in [5.41, 5.74) is 2.93. The minimum atomic E-state index is -0.207. The molecule has 2 aromatic carbocycles. The highest BCUT2D eigenvalue weighted by Gasteiger charge is 2.32. The van der Waals surface area contributed by atoms with Crippen LogP contribution in [-0.4, -0.2) is 35.0 Å². The summed E-state index contributed by atoms with van der Waals surface area (Å²) in [6, 6.07) is 14.6. The molecule has 1 N–H and O–H groups in total. The van der Waals surface area contributed by atoms with E-state index in [1.54, 1.807) is 31.5 Å². The minimum Gasteiger partial charge on any atom is -0.507 e. The number of phenols is 1. The third kappa shape index (κ3) is 1.97. The molecule has 0 atom stereocenters. The monoisotopic (exact) mass is 303 g/mol. The van der Waals surface area contributed by atoms with Gasteiger partial charge < -0.3 is 5.11 Å². The number of allylic oxidation sites excluding steroid dienone is 1. The highest BCUT2D eigenvalue weighted by Crippen LogP contribution is 2.40. The van der Waals surface area contributed by atoms with Crippen molar-refractivity contribution in [3.05, 3.63) is 65.4 Å². The fraction of sp³-hybridized carbons (Fsp3) is 0.0556. The standard InChI is InChI=1S/C18H13N3O2/c1-21-17(11-6-3-2-4-7-11)20-16(18(21)23)12-10-19-13-8-5-9-14(22)15(12)13/h2-10,22H,1H3/b16-12-. The number of benzene rings is 2. The number of carbonyl (C=O) groups excluding carboxylic acids is 1. The molecule has 23 heavy (non-hydrogen) atoms. The Morgan fingerprint density at radius 1 is 1.04 bits per heavy atom. The quantitative estimate of drug-likeness (QED) is 0.823. The second-order valence-corrected chi connectivity index (χ2v) is 5.36. The first kappa shape index (κ1) is 13.5. The molecule has 0 aliphatic carbocycles. The number of hydrogen-bond acceptors (Lipinski definition) is 4. The van der Waals surface area contributed by atoms with Gasteiger partial charge in [0, 0.05) is 24.4 Å².